The first-order valence-corrected chi connectivity index (χ1v) is 16.4. The van der Waals surface area contributed by atoms with Crippen molar-refractivity contribution in [1.29, 1.82) is 0 Å². The fraction of sp³-hybridized carbons (Fsp3) is 0.647. The summed E-state index contributed by atoms with van der Waals surface area (Å²) >= 11 is -12.5. The Morgan fingerprint density at radius 3 is 1.38 bits per heavy atom. The second kappa shape index (κ2) is 5.17. The van der Waals surface area contributed by atoms with Crippen LogP contribution in [0.25, 0.3) is 0 Å². The maximum atomic E-state index is 16.0. The zero-order chi connectivity index (χ0) is 20.6. The van der Waals surface area contributed by atoms with Crippen molar-refractivity contribution in [3.8, 4) is 0 Å². The van der Waals surface area contributed by atoms with Crippen LogP contribution in [0.15, 0.2) is 24.3 Å². The average Bonchev–Trinajstić information content (AvgIpc) is 2.33. The molecular formula is C17H30F4O4Zr. The fourth-order valence-corrected chi connectivity index (χ4v) is 14.9. The Morgan fingerprint density at radius 1 is 0.731 bits per heavy atom. The van der Waals surface area contributed by atoms with E-state index in [9.17, 15) is 0 Å². The van der Waals surface area contributed by atoms with Gasteiger partial charge < -0.3 is 0 Å². The Labute approximate surface area is 149 Å². The third-order valence-corrected chi connectivity index (χ3v) is 14.0. The number of rotatable bonds is 9. The van der Waals surface area contributed by atoms with Crippen LogP contribution in [-0.2, 0) is 36.4 Å². The first-order chi connectivity index (χ1) is 11.2. The number of hydrogen-bond donors (Lipinski definition) is 0. The van der Waals surface area contributed by atoms with Gasteiger partial charge in [0, 0.05) is 0 Å². The van der Waals surface area contributed by atoms with Gasteiger partial charge in [-0.3, -0.25) is 0 Å². The molecule has 0 bridgehead atoms. The Balaban J connectivity index is 3.65. The molecule has 0 aliphatic heterocycles. The van der Waals surface area contributed by atoms with Crippen LogP contribution in [0.2, 0.25) is 0 Å². The fourth-order valence-electron chi connectivity index (χ4n) is 3.09. The second-order valence-corrected chi connectivity index (χ2v) is 21.0. The Morgan fingerprint density at radius 2 is 1.08 bits per heavy atom. The SMILES string of the molecule is Cc1ccc(C[O][Zr]([F])([F])([F])([F])([O]C(C)C)([O]C(C)C)[O]C(C)C)cc1. The molecule has 0 unspecified atom stereocenters. The molecule has 0 atom stereocenters. The molecule has 0 radical (unpaired) electrons. The van der Waals surface area contributed by atoms with Crippen LogP contribution in [0.4, 0.5) is 10.5 Å². The van der Waals surface area contributed by atoms with Gasteiger partial charge >= 0.3 is 149 Å². The first-order valence-electron chi connectivity index (χ1n) is 8.71. The van der Waals surface area contributed by atoms with Crippen LogP contribution >= 0.6 is 0 Å². The molecule has 0 aliphatic rings. The van der Waals surface area contributed by atoms with Gasteiger partial charge in [0.15, 0.2) is 0 Å². The standard InChI is InChI=1S/C8H9O.3C3H7O.4FH.Zr/c1-7-2-4-8(6-9)5-3-7;3*1-3(2)4;;;;;/h2-5H,6H2,1H3;3*3H,1-2H3;4*1H;/q4*-1;;;;;+8/p-4. The molecule has 1 rings (SSSR count). The first kappa shape index (κ1) is 23.7. The topological polar surface area (TPSA) is 36.9 Å². The van der Waals surface area contributed by atoms with Crippen molar-refractivity contribution in [3.63, 3.8) is 0 Å². The Kier molecular flexibility index (Phi) is 4.72. The van der Waals surface area contributed by atoms with Crippen molar-refractivity contribution in [1.82, 2.24) is 0 Å². The quantitative estimate of drug-likeness (QED) is 0.402. The molecule has 0 heterocycles. The van der Waals surface area contributed by atoms with Gasteiger partial charge in [-0.1, -0.05) is 0 Å². The van der Waals surface area contributed by atoms with E-state index in [0.29, 0.717) is 0 Å². The van der Waals surface area contributed by atoms with Gasteiger partial charge in [-0.05, 0) is 0 Å². The summed E-state index contributed by atoms with van der Waals surface area (Å²) in [5, 5.41) is 0. The van der Waals surface area contributed by atoms with Gasteiger partial charge in [-0.25, -0.2) is 0 Å². The number of aryl methyl sites for hydroxylation is 1. The minimum atomic E-state index is -12.5. The molecule has 9 heteroatoms. The predicted molar refractivity (Wildman–Crippen MR) is 89.1 cm³/mol. The number of halogens is 4. The summed E-state index contributed by atoms with van der Waals surface area (Å²) in [5.41, 5.74) is 0.934. The van der Waals surface area contributed by atoms with Gasteiger partial charge in [0.2, 0.25) is 0 Å². The summed E-state index contributed by atoms with van der Waals surface area (Å²) in [6.07, 6.45) is -4.91. The van der Waals surface area contributed by atoms with Crippen molar-refractivity contribution < 1.29 is 40.3 Å². The van der Waals surface area contributed by atoms with Gasteiger partial charge in [-0.2, -0.15) is 0 Å². The molecule has 1 aromatic rings. The van der Waals surface area contributed by atoms with Gasteiger partial charge in [0.05, 0.1) is 0 Å². The molecule has 4 nitrogen and oxygen atoms in total. The maximum absolute atomic E-state index is 16.0. The summed E-state index contributed by atoms with van der Waals surface area (Å²) in [4.78, 5) is 0. The predicted octanol–water partition coefficient (Wildman–Crippen LogP) is 6.28. The third kappa shape index (κ3) is 5.58. The minimum absolute atomic E-state index is 0.0955. The van der Waals surface area contributed by atoms with E-state index >= 15 is 10.5 Å². The van der Waals surface area contributed by atoms with Crippen LogP contribution in [0.1, 0.15) is 52.7 Å². The van der Waals surface area contributed by atoms with E-state index < -0.39 is 43.4 Å². The van der Waals surface area contributed by atoms with Crippen LogP contribution in [-0.4, -0.2) is 18.3 Å². The van der Waals surface area contributed by atoms with E-state index in [4.69, 9.17) is 0 Å². The summed E-state index contributed by atoms with van der Waals surface area (Å²) in [6.45, 7) is 6.82. The van der Waals surface area contributed by atoms with E-state index in [0.717, 1.165) is 47.1 Å². The number of benzene rings is 1. The zero-order valence-electron chi connectivity index (χ0n) is 16.4. The summed E-state index contributed by atoms with van der Waals surface area (Å²) in [6, 6.07) is 5.99. The second-order valence-electron chi connectivity index (χ2n) is 7.94. The van der Waals surface area contributed by atoms with E-state index in [1.165, 1.54) is 12.1 Å². The molecule has 1 aromatic carbocycles. The van der Waals surface area contributed by atoms with Crippen molar-refractivity contribution in [2.24, 2.45) is 0 Å². The molecule has 0 saturated carbocycles. The molecule has 0 saturated heterocycles. The van der Waals surface area contributed by atoms with Crippen molar-refractivity contribution in [3.05, 3.63) is 35.4 Å². The van der Waals surface area contributed by atoms with Crippen molar-refractivity contribution >= 4 is 0 Å². The summed E-state index contributed by atoms with van der Waals surface area (Å²) in [5.74, 6) is 0. The molecule has 154 valence electrons. The van der Waals surface area contributed by atoms with E-state index in [2.05, 4.69) is 11.3 Å². The normalized spacial score (nSPS) is 19.2. The van der Waals surface area contributed by atoms with Crippen molar-refractivity contribution in [2.45, 2.75) is 73.4 Å². The molecule has 26 heavy (non-hydrogen) atoms. The third-order valence-electron chi connectivity index (χ3n) is 3.43. The monoisotopic (exact) mass is 464 g/mol. The Bertz CT molecular complexity index is 667. The summed E-state index contributed by atoms with van der Waals surface area (Å²) < 4.78 is 80.7. The molecule has 0 fully saturated rings. The average molecular weight is 466 g/mol. The van der Waals surface area contributed by atoms with E-state index in [1.54, 1.807) is 19.1 Å². The zero-order valence-corrected chi connectivity index (χ0v) is 18.9. The van der Waals surface area contributed by atoms with E-state index in [1.807, 2.05) is 0 Å². The molecule has 0 aliphatic carbocycles. The number of hydrogen-bond acceptors (Lipinski definition) is 4. The van der Waals surface area contributed by atoms with Crippen LogP contribution < -0.4 is 0 Å². The molecule has 0 spiro atoms. The van der Waals surface area contributed by atoms with Gasteiger partial charge in [0.1, 0.15) is 0 Å². The Hall–Kier alpha value is -0.337. The van der Waals surface area contributed by atoms with Crippen LogP contribution in [0.3, 0.4) is 0 Å². The molecule has 0 N–H and O–H groups in total. The van der Waals surface area contributed by atoms with Crippen molar-refractivity contribution in [2.75, 3.05) is 0 Å². The van der Waals surface area contributed by atoms with Gasteiger partial charge in [0.25, 0.3) is 0 Å². The van der Waals surface area contributed by atoms with E-state index in [-0.39, 0.29) is 5.56 Å². The molecular weight excluding hydrogens is 435 g/mol. The molecule has 0 amide bonds. The van der Waals surface area contributed by atoms with Gasteiger partial charge in [-0.15, -0.1) is 0 Å². The van der Waals surface area contributed by atoms with Crippen LogP contribution in [0.5, 0.6) is 0 Å². The molecule has 0 aromatic heterocycles. The van der Waals surface area contributed by atoms with Crippen LogP contribution in [0, 0.1) is 6.92 Å². The summed E-state index contributed by atoms with van der Waals surface area (Å²) in [7, 11) is 0.